The van der Waals surface area contributed by atoms with E-state index >= 15 is 0 Å². The number of rotatable bonds is 4. The van der Waals surface area contributed by atoms with Crippen molar-refractivity contribution in [3.8, 4) is 0 Å². The molecular weight excluding hydrogens is 285 g/mol. The molecule has 1 unspecified atom stereocenters. The third-order valence-corrected chi connectivity index (χ3v) is 5.31. The van der Waals surface area contributed by atoms with Crippen LogP contribution in [0.3, 0.4) is 0 Å². The van der Waals surface area contributed by atoms with Gasteiger partial charge in [0.05, 0.1) is 17.1 Å². The van der Waals surface area contributed by atoms with Crippen molar-refractivity contribution in [3.05, 3.63) is 35.1 Å². The standard InChI is InChI=1S/C13H16FNO4S/c1-15(10-5-6-20(18,19)8-10)7-9-3-2-4-11(12(9)14)13(16)17/h2-4,10H,5-8H2,1H3,(H,16,17). The van der Waals surface area contributed by atoms with E-state index in [1.54, 1.807) is 11.9 Å². The summed E-state index contributed by atoms with van der Waals surface area (Å²) in [6.45, 7) is 0.188. The molecule has 0 aromatic heterocycles. The number of benzene rings is 1. The Bertz CT molecular complexity index is 629. The zero-order valence-corrected chi connectivity index (χ0v) is 11.9. The number of halogens is 1. The van der Waals surface area contributed by atoms with Gasteiger partial charge in [0.2, 0.25) is 0 Å². The second kappa shape index (κ2) is 5.49. The van der Waals surface area contributed by atoms with E-state index in [4.69, 9.17) is 5.11 Å². The molecule has 2 rings (SSSR count). The number of aromatic carboxylic acids is 1. The second-order valence-electron chi connectivity index (χ2n) is 5.06. The molecule has 0 radical (unpaired) electrons. The summed E-state index contributed by atoms with van der Waals surface area (Å²) in [4.78, 5) is 12.6. The quantitative estimate of drug-likeness (QED) is 0.903. The van der Waals surface area contributed by atoms with Gasteiger partial charge in [0.1, 0.15) is 5.82 Å². The number of carboxylic acid groups (broad SMARTS) is 1. The second-order valence-corrected chi connectivity index (χ2v) is 7.28. The lowest BCUT2D eigenvalue weighted by atomic mass is 10.1. The van der Waals surface area contributed by atoms with Crippen molar-refractivity contribution < 1.29 is 22.7 Å². The van der Waals surface area contributed by atoms with E-state index in [0.29, 0.717) is 6.42 Å². The van der Waals surface area contributed by atoms with Crippen LogP contribution in [0, 0.1) is 5.82 Å². The molecule has 5 nitrogen and oxygen atoms in total. The van der Waals surface area contributed by atoms with Crippen LogP contribution < -0.4 is 0 Å². The Balaban J connectivity index is 2.14. The van der Waals surface area contributed by atoms with Crippen LogP contribution in [-0.2, 0) is 16.4 Å². The maximum Gasteiger partial charge on any atom is 0.338 e. The van der Waals surface area contributed by atoms with Gasteiger partial charge in [-0.25, -0.2) is 17.6 Å². The number of sulfone groups is 1. The van der Waals surface area contributed by atoms with Crippen molar-refractivity contribution in [1.82, 2.24) is 4.90 Å². The average molecular weight is 301 g/mol. The molecule has 110 valence electrons. The zero-order valence-electron chi connectivity index (χ0n) is 11.0. The van der Waals surface area contributed by atoms with Crippen molar-refractivity contribution in [2.24, 2.45) is 0 Å². The fourth-order valence-electron chi connectivity index (χ4n) is 2.39. The highest BCUT2D eigenvalue weighted by Crippen LogP contribution is 2.20. The lowest BCUT2D eigenvalue weighted by molar-refractivity contribution is 0.0691. The summed E-state index contributed by atoms with van der Waals surface area (Å²) < 4.78 is 36.9. The molecule has 1 fully saturated rings. The highest BCUT2D eigenvalue weighted by molar-refractivity contribution is 7.91. The van der Waals surface area contributed by atoms with Gasteiger partial charge in [-0.2, -0.15) is 0 Å². The molecule has 0 bridgehead atoms. The first-order valence-corrected chi connectivity index (χ1v) is 8.03. The van der Waals surface area contributed by atoms with Crippen molar-refractivity contribution in [1.29, 1.82) is 0 Å². The molecule has 1 heterocycles. The normalized spacial score (nSPS) is 21.2. The lowest BCUT2D eigenvalue weighted by Crippen LogP contribution is -2.32. The molecule has 1 saturated heterocycles. The van der Waals surface area contributed by atoms with Gasteiger partial charge in [-0.05, 0) is 19.5 Å². The summed E-state index contributed by atoms with van der Waals surface area (Å²) >= 11 is 0. The van der Waals surface area contributed by atoms with Crippen LogP contribution in [0.2, 0.25) is 0 Å². The van der Waals surface area contributed by atoms with Crippen LogP contribution >= 0.6 is 0 Å². The molecule has 1 atom stereocenters. The smallest absolute Gasteiger partial charge is 0.338 e. The Hall–Kier alpha value is -1.47. The van der Waals surface area contributed by atoms with Crippen LogP contribution in [0.4, 0.5) is 4.39 Å². The summed E-state index contributed by atoms with van der Waals surface area (Å²) in [6.07, 6.45) is 0.527. The molecule has 1 aliphatic heterocycles. The fraction of sp³-hybridized carbons (Fsp3) is 0.462. The van der Waals surface area contributed by atoms with E-state index in [-0.39, 0.29) is 35.2 Å². The van der Waals surface area contributed by atoms with Crippen LogP contribution in [-0.4, -0.2) is 49.0 Å². The first-order chi connectivity index (χ1) is 9.30. The van der Waals surface area contributed by atoms with Crippen molar-refractivity contribution in [3.63, 3.8) is 0 Å². The van der Waals surface area contributed by atoms with Gasteiger partial charge in [-0.1, -0.05) is 12.1 Å². The topological polar surface area (TPSA) is 74.7 Å². The van der Waals surface area contributed by atoms with E-state index in [1.807, 2.05) is 0 Å². The summed E-state index contributed by atoms with van der Waals surface area (Å²) in [5, 5.41) is 8.87. The highest BCUT2D eigenvalue weighted by Gasteiger charge is 2.31. The van der Waals surface area contributed by atoms with E-state index in [2.05, 4.69) is 0 Å². The molecular formula is C13H16FNO4S. The average Bonchev–Trinajstić information content (AvgIpc) is 2.72. The third-order valence-electron chi connectivity index (χ3n) is 3.56. The monoisotopic (exact) mass is 301 g/mol. The van der Waals surface area contributed by atoms with Gasteiger partial charge in [0.15, 0.2) is 9.84 Å². The van der Waals surface area contributed by atoms with Gasteiger partial charge in [-0.15, -0.1) is 0 Å². The predicted octanol–water partition coefficient (Wildman–Crippen LogP) is 1.14. The molecule has 1 N–H and O–H groups in total. The lowest BCUT2D eigenvalue weighted by Gasteiger charge is -2.23. The summed E-state index contributed by atoms with van der Waals surface area (Å²) in [5.74, 6) is -1.84. The maximum absolute atomic E-state index is 14.0. The first-order valence-electron chi connectivity index (χ1n) is 6.21. The maximum atomic E-state index is 14.0. The van der Waals surface area contributed by atoms with Crippen molar-refractivity contribution >= 4 is 15.8 Å². The Morgan fingerprint density at radius 1 is 1.50 bits per heavy atom. The molecule has 20 heavy (non-hydrogen) atoms. The highest BCUT2D eigenvalue weighted by atomic mass is 32.2. The van der Waals surface area contributed by atoms with Crippen LogP contribution in [0.15, 0.2) is 18.2 Å². The minimum Gasteiger partial charge on any atom is -0.478 e. The van der Waals surface area contributed by atoms with Gasteiger partial charge in [-0.3, -0.25) is 4.90 Å². The molecule has 7 heteroatoms. The summed E-state index contributed by atoms with van der Waals surface area (Å²) in [7, 11) is -1.27. The van der Waals surface area contributed by atoms with Gasteiger partial charge in [0.25, 0.3) is 0 Å². The van der Waals surface area contributed by atoms with Crippen LogP contribution in [0.1, 0.15) is 22.3 Å². The minimum atomic E-state index is -2.99. The van der Waals surface area contributed by atoms with Crippen molar-refractivity contribution in [2.75, 3.05) is 18.6 Å². The van der Waals surface area contributed by atoms with Gasteiger partial charge >= 0.3 is 5.97 Å². The third kappa shape index (κ3) is 3.16. The number of carbonyl (C=O) groups is 1. The predicted molar refractivity (Wildman–Crippen MR) is 71.9 cm³/mol. The molecule has 0 aliphatic carbocycles. The molecule has 1 aromatic rings. The van der Waals surface area contributed by atoms with E-state index in [1.165, 1.54) is 18.2 Å². The largest absolute Gasteiger partial charge is 0.478 e. The van der Waals surface area contributed by atoms with Crippen molar-refractivity contribution in [2.45, 2.75) is 19.0 Å². The number of hydrogen-bond acceptors (Lipinski definition) is 4. The molecule has 0 saturated carbocycles. The Labute approximate surface area is 116 Å². The first kappa shape index (κ1) is 14.9. The Morgan fingerprint density at radius 2 is 2.20 bits per heavy atom. The zero-order chi connectivity index (χ0) is 14.9. The number of nitrogens with zero attached hydrogens (tertiary/aromatic N) is 1. The van der Waals surface area contributed by atoms with E-state index in [9.17, 15) is 17.6 Å². The minimum absolute atomic E-state index is 0.0732. The summed E-state index contributed by atoms with van der Waals surface area (Å²) in [6, 6.07) is 4.07. The van der Waals surface area contributed by atoms with Gasteiger partial charge < -0.3 is 5.11 Å². The summed E-state index contributed by atoms with van der Waals surface area (Å²) in [5.41, 5.74) is -0.105. The molecule has 1 aromatic carbocycles. The van der Waals surface area contributed by atoms with Crippen LogP contribution in [0.5, 0.6) is 0 Å². The fourth-order valence-corrected chi connectivity index (χ4v) is 4.19. The Morgan fingerprint density at radius 3 is 2.75 bits per heavy atom. The van der Waals surface area contributed by atoms with Gasteiger partial charge in [0, 0.05) is 18.2 Å². The Kier molecular flexibility index (Phi) is 4.10. The van der Waals surface area contributed by atoms with E-state index in [0.717, 1.165) is 0 Å². The molecule has 1 aliphatic rings. The van der Waals surface area contributed by atoms with E-state index < -0.39 is 21.6 Å². The molecule has 0 spiro atoms. The molecule has 0 amide bonds. The number of carboxylic acids is 1. The number of hydrogen-bond donors (Lipinski definition) is 1. The van der Waals surface area contributed by atoms with Crippen LogP contribution in [0.25, 0.3) is 0 Å². The SMILES string of the molecule is CN(Cc1cccc(C(=O)O)c1F)C1CCS(=O)(=O)C1.